The van der Waals surface area contributed by atoms with Crippen LogP contribution in [0.4, 0.5) is 10.1 Å². The minimum atomic E-state index is -3.20. The molecule has 0 amide bonds. The number of nitrogens with zero attached hydrogens (tertiary/aromatic N) is 2. The van der Waals surface area contributed by atoms with E-state index in [2.05, 4.69) is 0 Å². The van der Waals surface area contributed by atoms with Crippen LogP contribution in [0, 0.1) is 5.82 Å². The van der Waals surface area contributed by atoms with Crippen molar-refractivity contribution in [2.45, 2.75) is 12.5 Å². The van der Waals surface area contributed by atoms with E-state index in [1.165, 1.54) is 22.7 Å². The number of sulfonamides is 1. The summed E-state index contributed by atoms with van der Waals surface area (Å²) in [5.74, 6) is -0.459. The number of likely N-dealkylation sites (N-methyl/N-ethyl adjacent to an activating group) is 1. The number of rotatable bonds is 3. The van der Waals surface area contributed by atoms with Crippen molar-refractivity contribution in [2.75, 3.05) is 31.3 Å². The Morgan fingerprint density at radius 3 is 2.74 bits per heavy atom. The molecule has 4 nitrogen and oxygen atoms in total. The van der Waals surface area contributed by atoms with Gasteiger partial charge in [-0.25, -0.2) is 17.1 Å². The molecule has 0 spiro atoms. The molecule has 1 heterocycles. The van der Waals surface area contributed by atoms with E-state index in [4.69, 9.17) is 11.6 Å². The Morgan fingerprint density at radius 2 is 2.16 bits per heavy atom. The molecule has 1 saturated heterocycles. The smallest absolute Gasteiger partial charge is 0.211 e. The van der Waals surface area contributed by atoms with Crippen LogP contribution in [0.3, 0.4) is 0 Å². The van der Waals surface area contributed by atoms with E-state index in [9.17, 15) is 12.8 Å². The quantitative estimate of drug-likeness (QED) is 0.857. The average Bonchev–Trinajstić information content (AvgIpc) is 2.79. The molecular formula is C12H16ClFN2O2S. The van der Waals surface area contributed by atoms with Crippen molar-refractivity contribution in [1.29, 1.82) is 0 Å². The molecule has 19 heavy (non-hydrogen) atoms. The second-order valence-electron chi connectivity index (χ2n) is 4.77. The fraction of sp³-hybridized carbons (Fsp3) is 0.500. The zero-order valence-electron chi connectivity index (χ0n) is 10.8. The Morgan fingerprint density at radius 1 is 1.47 bits per heavy atom. The van der Waals surface area contributed by atoms with Crippen LogP contribution in [0.1, 0.15) is 6.42 Å². The molecule has 7 heteroatoms. The van der Waals surface area contributed by atoms with Gasteiger partial charge in [-0.3, -0.25) is 0 Å². The van der Waals surface area contributed by atoms with Gasteiger partial charge in [-0.1, -0.05) is 11.6 Å². The van der Waals surface area contributed by atoms with Gasteiger partial charge in [0.1, 0.15) is 5.82 Å². The SMILES string of the molecule is CN([C@@H]1CCN(c2ccc(Cl)c(F)c2)C1)S(C)(=O)=O. The summed E-state index contributed by atoms with van der Waals surface area (Å²) in [5, 5.41) is 0.0905. The predicted molar refractivity (Wildman–Crippen MR) is 74.6 cm³/mol. The average molecular weight is 307 g/mol. The van der Waals surface area contributed by atoms with Gasteiger partial charge < -0.3 is 4.90 Å². The van der Waals surface area contributed by atoms with E-state index in [0.29, 0.717) is 13.1 Å². The minimum absolute atomic E-state index is 0.0752. The van der Waals surface area contributed by atoms with Gasteiger partial charge in [-0.2, -0.15) is 0 Å². The third-order valence-electron chi connectivity index (χ3n) is 3.47. The summed E-state index contributed by atoms with van der Waals surface area (Å²) >= 11 is 5.65. The first-order valence-corrected chi connectivity index (χ1v) is 8.14. The van der Waals surface area contributed by atoms with E-state index in [1.54, 1.807) is 13.1 Å². The normalized spacial score (nSPS) is 20.3. The summed E-state index contributed by atoms with van der Waals surface area (Å²) in [6, 6.07) is 4.56. The molecular weight excluding hydrogens is 291 g/mol. The standard InChI is InChI=1S/C12H16ClFN2O2S/c1-15(19(2,17)18)10-5-6-16(8-10)9-3-4-11(13)12(14)7-9/h3-4,7,10H,5-6,8H2,1-2H3/t10-/m1/s1. The summed E-state index contributed by atoms with van der Waals surface area (Å²) in [7, 11) is -1.62. The molecule has 0 saturated carbocycles. The van der Waals surface area contributed by atoms with Crippen molar-refractivity contribution < 1.29 is 12.8 Å². The molecule has 0 aromatic heterocycles. The molecule has 1 aliphatic heterocycles. The monoisotopic (exact) mass is 306 g/mol. The Kier molecular flexibility index (Phi) is 4.03. The van der Waals surface area contributed by atoms with Crippen LogP contribution in [0.2, 0.25) is 5.02 Å². The summed E-state index contributed by atoms with van der Waals surface area (Å²) in [6.07, 6.45) is 1.92. The summed E-state index contributed by atoms with van der Waals surface area (Å²) < 4.78 is 37.8. The lowest BCUT2D eigenvalue weighted by molar-refractivity contribution is 0.393. The Hall–Kier alpha value is -0.850. The molecule has 2 rings (SSSR count). The Bertz CT molecular complexity index is 579. The van der Waals surface area contributed by atoms with Gasteiger partial charge in [0, 0.05) is 31.9 Å². The highest BCUT2D eigenvalue weighted by molar-refractivity contribution is 7.88. The molecule has 0 N–H and O–H groups in total. The first-order valence-electron chi connectivity index (χ1n) is 5.92. The van der Waals surface area contributed by atoms with Gasteiger partial charge >= 0.3 is 0 Å². The van der Waals surface area contributed by atoms with E-state index < -0.39 is 15.8 Å². The van der Waals surface area contributed by atoms with E-state index >= 15 is 0 Å². The van der Waals surface area contributed by atoms with Gasteiger partial charge in [-0.15, -0.1) is 0 Å². The summed E-state index contributed by atoms with van der Waals surface area (Å²) in [5.41, 5.74) is 0.728. The zero-order valence-corrected chi connectivity index (χ0v) is 12.4. The lowest BCUT2D eigenvalue weighted by Crippen LogP contribution is -2.38. The van der Waals surface area contributed by atoms with Crippen molar-refractivity contribution >= 4 is 27.3 Å². The highest BCUT2D eigenvalue weighted by atomic mass is 35.5. The van der Waals surface area contributed by atoms with Crippen molar-refractivity contribution in [2.24, 2.45) is 0 Å². The largest absolute Gasteiger partial charge is 0.370 e. The molecule has 1 atom stereocenters. The number of hydrogen-bond acceptors (Lipinski definition) is 3. The number of benzene rings is 1. The number of hydrogen-bond donors (Lipinski definition) is 0. The lowest BCUT2D eigenvalue weighted by Gasteiger charge is -2.23. The van der Waals surface area contributed by atoms with Crippen molar-refractivity contribution in [3.05, 3.63) is 29.0 Å². The highest BCUT2D eigenvalue weighted by Crippen LogP contribution is 2.26. The van der Waals surface area contributed by atoms with Gasteiger partial charge in [0.05, 0.1) is 11.3 Å². The molecule has 1 aromatic carbocycles. The van der Waals surface area contributed by atoms with Crippen LogP contribution < -0.4 is 4.90 Å². The van der Waals surface area contributed by atoms with Crippen LogP contribution >= 0.6 is 11.6 Å². The lowest BCUT2D eigenvalue weighted by atomic mass is 10.3. The van der Waals surface area contributed by atoms with Gasteiger partial charge in [0.25, 0.3) is 0 Å². The van der Waals surface area contributed by atoms with Crippen LogP contribution in [-0.4, -0.2) is 45.2 Å². The summed E-state index contributed by atoms with van der Waals surface area (Å²) in [6.45, 7) is 1.26. The third kappa shape index (κ3) is 3.19. The van der Waals surface area contributed by atoms with E-state index in [1.807, 2.05) is 4.90 Å². The first kappa shape index (κ1) is 14.6. The van der Waals surface area contributed by atoms with E-state index in [-0.39, 0.29) is 11.1 Å². The molecule has 1 aromatic rings. The molecule has 0 aliphatic carbocycles. The predicted octanol–water partition coefficient (Wildman–Crippen LogP) is 1.95. The van der Waals surface area contributed by atoms with Crippen LogP contribution in [0.5, 0.6) is 0 Å². The fourth-order valence-electron chi connectivity index (χ4n) is 2.23. The van der Waals surface area contributed by atoms with Gasteiger partial charge in [-0.05, 0) is 24.6 Å². The minimum Gasteiger partial charge on any atom is -0.370 e. The van der Waals surface area contributed by atoms with Crippen LogP contribution in [-0.2, 0) is 10.0 Å². The molecule has 1 aliphatic rings. The maximum absolute atomic E-state index is 13.4. The maximum atomic E-state index is 13.4. The second kappa shape index (κ2) is 5.26. The topological polar surface area (TPSA) is 40.6 Å². The van der Waals surface area contributed by atoms with Crippen LogP contribution in [0.25, 0.3) is 0 Å². The number of halogens is 2. The fourth-order valence-corrected chi connectivity index (χ4v) is 3.06. The third-order valence-corrected chi connectivity index (χ3v) is 5.12. The van der Waals surface area contributed by atoms with Crippen molar-refractivity contribution in [1.82, 2.24) is 4.31 Å². The van der Waals surface area contributed by atoms with Gasteiger partial charge in [0.2, 0.25) is 10.0 Å². The first-order chi connectivity index (χ1) is 8.79. The van der Waals surface area contributed by atoms with E-state index in [0.717, 1.165) is 12.1 Å². The van der Waals surface area contributed by atoms with Crippen LogP contribution in [0.15, 0.2) is 18.2 Å². The van der Waals surface area contributed by atoms with Crippen molar-refractivity contribution in [3.8, 4) is 0 Å². The Balaban J connectivity index is 2.12. The van der Waals surface area contributed by atoms with Gasteiger partial charge in [0.15, 0.2) is 0 Å². The van der Waals surface area contributed by atoms with Crippen molar-refractivity contribution in [3.63, 3.8) is 0 Å². The highest BCUT2D eigenvalue weighted by Gasteiger charge is 2.30. The zero-order chi connectivity index (χ0) is 14.2. The summed E-state index contributed by atoms with van der Waals surface area (Å²) in [4.78, 5) is 1.96. The second-order valence-corrected chi connectivity index (χ2v) is 7.22. The molecule has 1 fully saturated rings. The maximum Gasteiger partial charge on any atom is 0.211 e. The number of anilines is 1. The molecule has 106 valence electrons. The molecule has 0 radical (unpaired) electrons. The molecule has 0 unspecified atom stereocenters. The Labute approximate surface area is 117 Å². The molecule has 0 bridgehead atoms.